The van der Waals surface area contributed by atoms with Crippen molar-refractivity contribution in [3.05, 3.63) is 80.9 Å². The smallest absolute Gasteiger partial charge is 0.260 e. The van der Waals surface area contributed by atoms with E-state index in [0.29, 0.717) is 20.4 Å². The summed E-state index contributed by atoms with van der Waals surface area (Å²) < 4.78 is 0. The lowest BCUT2D eigenvalue weighted by Gasteiger charge is -2.02. The number of H-pyrrole nitrogens is 1. The molecule has 30 heavy (non-hydrogen) atoms. The minimum absolute atomic E-state index is 0.0727. The molecule has 2 aromatic heterocycles. The molecule has 4 rings (SSSR count). The molecule has 2 heterocycles. The standard InChI is InChI=1S/C21H15ClN4O2S2/c22-15-8-6-13(7-9-15)10-23-26-17(27)12-30-21-24-19(28)18-16(11-29-20(18)25-21)14-4-2-1-3-5-14/h1-11H,12H2,(H,26,27)(H,24,25,28)/b23-10+. The van der Waals surface area contributed by atoms with E-state index in [1.807, 2.05) is 35.7 Å². The van der Waals surface area contributed by atoms with Gasteiger partial charge in [0.15, 0.2) is 5.16 Å². The van der Waals surface area contributed by atoms with Crippen LogP contribution in [-0.4, -0.2) is 27.8 Å². The van der Waals surface area contributed by atoms with E-state index in [1.54, 1.807) is 24.3 Å². The number of benzene rings is 2. The summed E-state index contributed by atoms with van der Waals surface area (Å²) in [6.45, 7) is 0. The SMILES string of the molecule is O=C(CSc1nc2scc(-c3ccccc3)c2c(=O)[nH]1)N/N=C/c1ccc(Cl)cc1. The molecule has 0 unspecified atom stereocenters. The van der Waals surface area contributed by atoms with Crippen LogP contribution >= 0.6 is 34.7 Å². The fourth-order valence-electron chi connectivity index (χ4n) is 2.72. The molecule has 0 aliphatic rings. The molecule has 9 heteroatoms. The second-order valence-corrected chi connectivity index (χ2v) is 8.46. The number of thiophene rings is 1. The Balaban J connectivity index is 1.41. The van der Waals surface area contributed by atoms with Gasteiger partial charge in [0.05, 0.1) is 17.4 Å². The first-order chi connectivity index (χ1) is 14.6. The first-order valence-corrected chi connectivity index (χ1v) is 11.1. The molecule has 4 aromatic rings. The molecular weight excluding hydrogens is 440 g/mol. The lowest BCUT2D eigenvalue weighted by Crippen LogP contribution is -2.20. The van der Waals surface area contributed by atoms with Gasteiger partial charge < -0.3 is 4.98 Å². The summed E-state index contributed by atoms with van der Waals surface area (Å²) in [6.07, 6.45) is 1.53. The number of nitrogens with one attached hydrogen (secondary N) is 2. The molecule has 1 amide bonds. The maximum atomic E-state index is 12.6. The van der Waals surface area contributed by atoms with E-state index in [1.165, 1.54) is 17.6 Å². The molecule has 0 fully saturated rings. The third-order valence-corrected chi connectivity index (χ3v) is 6.12. The van der Waals surface area contributed by atoms with Crippen LogP contribution in [0.25, 0.3) is 21.3 Å². The Labute approximate surface area is 185 Å². The van der Waals surface area contributed by atoms with E-state index in [-0.39, 0.29) is 17.2 Å². The molecule has 0 atom stereocenters. The monoisotopic (exact) mass is 454 g/mol. The number of carbonyl (C=O) groups is 1. The van der Waals surface area contributed by atoms with Crippen LogP contribution in [0.3, 0.4) is 0 Å². The molecule has 6 nitrogen and oxygen atoms in total. The van der Waals surface area contributed by atoms with Crippen molar-refractivity contribution in [1.29, 1.82) is 0 Å². The van der Waals surface area contributed by atoms with Crippen LogP contribution in [-0.2, 0) is 4.79 Å². The third kappa shape index (κ3) is 4.79. The van der Waals surface area contributed by atoms with Crippen LogP contribution < -0.4 is 11.0 Å². The van der Waals surface area contributed by atoms with Crippen LogP contribution in [0, 0.1) is 0 Å². The van der Waals surface area contributed by atoms with Gasteiger partial charge in [-0.3, -0.25) is 9.59 Å². The van der Waals surface area contributed by atoms with Crippen molar-refractivity contribution in [2.45, 2.75) is 5.16 Å². The van der Waals surface area contributed by atoms with E-state index < -0.39 is 0 Å². The summed E-state index contributed by atoms with van der Waals surface area (Å²) >= 11 is 8.38. The van der Waals surface area contributed by atoms with Gasteiger partial charge in [-0.15, -0.1) is 11.3 Å². The predicted molar refractivity (Wildman–Crippen MR) is 124 cm³/mol. The topological polar surface area (TPSA) is 87.2 Å². The number of rotatable bonds is 6. The number of aromatic nitrogens is 2. The van der Waals surface area contributed by atoms with Gasteiger partial charge in [-0.1, -0.05) is 65.8 Å². The molecule has 0 bridgehead atoms. The maximum absolute atomic E-state index is 12.6. The summed E-state index contributed by atoms with van der Waals surface area (Å²) in [4.78, 5) is 32.5. The quantitative estimate of drug-likeness (QED) is 0.194. The molecule has 2 aromatic carbocycles. The van der Waals surface area contributed by atoms with E-state index in [2.05, 4.69) is 20.5 Å². The van der Waals surface area contributed by atoms with Crippen molar-refractivity contribution < 1.29 is 4.79 Å². The minimum Gasteiger partial charge on any atom is -0.301 e. The second-order valence-electron chi connectivity index (χ2n) is 6.20. The van der Waals surface area contributed by atoms with E-state index >= 15 is 0 Å². The van der Waals surface area contributed by atoms with Gasteiger partial charge in [0.2, 0.25) is 0 Å². The lowest BCUT2D eigenvalue weighted by atomic mass is 10.1. The Kier molecular flexibility index (Phi) is 6.27. The zero-order valence-corrected chi connectivity index (χ0v) is 17.9. The Hall–Kier alpha value is -2.94. The fraction of sp³-hybridized carbons (Fsp3) is 0.0476. The Bertz CT molecular complexity index is 1270. The van der Waals surface area contributed by atoms with Crippen LogP contribution in [0.15, 0.2) is 75.0 Å². The number of nitrogens with zero attached hydrogens (tertiary/aromatic N) is 2. The molecule has 0 saturated carbocycles. The van der Waals surface area contributed by atoms with Crippen molar-refractivity contribution in [3.8, 4) is 11.1 Å². The van der Waals surface area contributed by atoms with Crippen LogP contribution in [0.5, 0.6) is 0 Å². The van der Waals surface area contributed by atoms with Crippen molar-refractivity contribution in [2.24, 2.45) is 5.10 Å². The number of amides is 1. The number of aromatic amines is 1. The normalized spacial score (nSPS) is 11.2. The summed E-state index contributed by atoms with van der Waals surface area (Å²) in [7, 11) is 0. The van der Waals surface area contributed by atoms with Crippen molar-refractivity contribution in [3.63, 3.8) is 0 Å². The average molecular weight is 455 g/mol. The number of thioether (sulfide) groups is 1. The number of hydrogen-bond donors (Lipinski definition) is 2. The van der Waals surface area contributed by atoms with Crippen LogP contribution in [0.1, 0.15) is 5.56 Å². The van der Waals surface area contributed by atoms with Crippen LogP contribution in [0.4, 0.5) is 0 Å². The minimum atomic E-state index is -0.302. The number of hydrogen-bond acceptors (Lipinski definition) is 6. The molecule has 0 aliphatic carbocycles. The predicted octanol–water partition coefficient (Wildman–Crippen LogP) is 4.55. The van der Waals surface area contributed by atoms with E-state index in [9.17, 15) is 9.59 Å². The Morgan fingerprint density at radius 3 is 2.73 bits per heavy atom. The highest BCUT2D eigenvalue weighted by Gasteiger charge is 2.13. The van der Waals surface area contributed by atoms with Gasteiger partial charge in [-0.25, -0.2) is 10.4 Å². The van der Waals surface area contributed by atoms with Gasteiger partial charge in [0.1, 0.15) is 4.83 Å². The summed E-state index contributed by atoms with van der Waals surface area (Å²) in [5.41, 5.74) is 4.87. The highest BCUT2D eigenvalue weighted by Crippen LogP contribution is 2.31. The maximum Gasteiger partial charge on any atom is 0.260 e. The first kappa shape index (κ1) is 20.3. The van der Waals surface area contributed by atoms with E-state index in [4.69, 9.17) is 11.6 Å². The molecule has 0 aliphatic heterocycles. The molecule has 150 valence electrons. The molecular formula is C21H15ClN4O2S2. The number of hydrazone groups is 1. The second kappa shape index (κ2) is 9.25. The van der Waals surface area contributed by atoms with Gasteiger partial charge in [-0.2, -0.15) is 5.10 Å². The van der Waals surface area contributed by atoms with Gasteiger partial charge in [0, 0.05) is 16.0 Å². The van der Waals surface area contributed by atoms with Crippen molar-refractivity contribution in [2.75, 3.05) is 5.75 Å². The average Bonchev–Trinajstić information content (AvgIpc) is 3.19. The largest absolute Gasteiger partial charge is 0.301 e. The number of fused-ring (bicyclic) bond motifs is 1. The van der Waals surface area contributed by atoms with Crippen molar-refractivity contribution >= 4 is 57.0 Å². The summed E-state index contributed by atoms with van der Waals surface area (Å²) in [6, 6.07) is 16.8. The fourth-order valence-corrected chi connectivity index (χ4v) is 4.51. The summed E-state index contributed by atoms with van der Waals surface area (Å²) in [5.74, 6) is -0.229. The Morgan fingerprint density at radius 1 is 1.20 bits per heavy atom. The first-order valence-electron chi connectivity index (χ1n) is 8.87. The van der Waals surface area contributed by atoms with Gasteiger partial charge in [0.25, 0.3) is 11.5 Å². The Morgan fingerprint density at radius 2 is 1.97 bits per heavy atom. The van der Waals surface area contributed by atoms with E-state index in [0.717, 1.165) is 28.5 Å². The van der Waals surface area contributed by atoms with Gasteiger partial charge in [-0.05, 0) is 23.3 Å². The molecule has 0 radical (unpaired) electrons. The lowest BCUT2D eigenvalue weighted by molar-refractivity contribution is -0.118. The summed E-state index contributed by atoms with van der Waals surface area (Å²) in [5, 5.41) is 7.43. The zero-order valence-electron chi connectivity index (χ0n) is 15.5. The highest BCUT2D eigenvalue weighted by atomic mass is 35.5. The highest BCUT2D eigenvalue weighted by molar-refractivity contribution is 7.99. The zero-order chi connectivity index (χ0) is 20.9. The molecule has 0 spiro atoms. The number of carbonyl (C=O) groups excluding carboxylic acids is 1. The molecule has 0 saturated heterocycles. The number of halogens is 1. The van der Waals surface area contributed by atoms with Crippen molar-refractivity contribution in [1.82, 2.24) is 15.4 Å². The molecule has 2 N–H and O–H groups in total. The van der Waals surface area contributed by atoms with Gasteiger partial charge >= 0.3 is 0 Å². The third-order valence-electron chi connectivity index (χ3n) is 4.12. The van der Waals surface area contributed by atoms with Crippen LogP contribution in [0.2, 0.25) is 5.02 Å².